The molecule has 0 fully saturated rings. The van der Waals surface area contributed by atoms with Gasteiger partial charge in [0.2, 0.25) is 0 Å². The normalized spacial score (nSPS) is 11.9. The smallest absolute Gasteiger partial charge is 0.307 e. The summed E-state index contributed by atoms with van der Waals surface area (Å²) in [7, 11) is 1.88. The fraction of sp³-hybridized carbons (Fsp3) is 0.278. The van der Waals surface area contributed by atoms with Gasteiger partial charge >= 0.3 is 5.97 Å². The van der Waals surface area contributed by atoms with Crippen LogP contribution < -0.4 is 10.1 Å². The molecule has 0 aliphatic carbocycles. The number of phenols is 1. The second-order valence-electron chi connectivity index (χ2n) is 5.27. The summed E-state index contributed by atoms with van der Waals surface area (Å²) in [4.78, 5) is 10.7. The molecule has 0 heterocycles. The fourth-order valence-corrected chi connectivity index (χ4v) is 2.33. The SMILES string of the molecule is CNCCC(Oc1ccc(CC(=O)O)c(O)c1)c1ccccc1. The third-order valence-corrected chi connectivity index (χ3v) is 3.50. The molecule has 5 nitrogen and oxygen atoms in total. The molecule has 0 aliphatic heterocycles. The highest BCUT2D eigenvalue weighted by atomic mass is 16.5. The zero-order valence-corrected chi connectivity index (χ0v) is 13.0. The molecular weight excluding hydrogens is 294 g/mol. The van der Waals surface area contributed by atoms with Gasteiger partial charge in [0.25, 0.3) is 0 Å². The van der Waals surface area contributed by atoms with Gasteiger partial charge in [-0.1, -0.05) is 36.4 Å². The van der Waals surface area contributed by atoms with Crippen molar-refractivity contribution in [3.8, 4) is 11.5 Å². The molecule has 2 aromatic carbocycles. The fourth-order valence-electron chi connectivity index (χ4n) is 2.33. The summed E-state index contributed by atoms with van der Waals surface area (Å²) in [6.45, 7) is 0.794. The lowest BCUT2D eigenvalue weighted by Crippen LogP contribution is -2.16. The van der Waals surface area contributed by atoms with Gasteiger partial charge in [0.05, 0.1) is 6.42 Å². The first-order valence-corrected chi connectivity index (χ1v) is 7.50. The lowest BCUT2D eigenvalue weighted by molar-refractivity contribution is -0.136. The molecule has 23 heavy (non-hydrogen) atoms. The highest BCUT2D eigenvalue weighted by Gasteiger charge is 2.14. The first-order valence-electron chi connectivity index (χ1n) is 7.50. The van der Waals surface area contributed by atoms with E-state index in [1.165, 1.54) is 6.07 Å². The molecule has 1 unspecified atom stereocenters. The van der Waals surface area contributed by atoms with E-state index in [9.17, 15) is 9.90 Å². The van der Waals surface area contributed by atoms with Crippen LogP contribution in [0, 0.1) is 0 Å². The topological polar surface area (TPSA) is 78.8 Å². The van der Waals surface area contributed by atoms with E-state index in [1.54, 1.807) is 12.1 Å². The molecule has 0 aromatic heterocycles. The van der Waals surface area contributed by atoms with Crippen LogP contribution in [0.25, 0.3) is 0 Å². The van der Waals surface area contributed by atoms with E-state index >= 15 is 0 Å². The Kier molecular flexibility index (Phi) is 6.00. The molecule has 0 saturated heterocycles. The molecule has 122 valence electrons. The summed E-state index contributed by atoms with van der Waals surface area (Å²) < 4.78 is 6.00. The Hall–Kier alpha value is -2.53. The molecule has 2 aromatic rings. The Morgan fingerprint density at radius 2 is 1.96 bits per heavy atom. The van der Waals surface area contributed by atoms with Crippen LogP contribution in [0.1, 0.15) is 23.7 Å². The first-order chi connectivity index (χ1) is 11.1. The van der Waals surface area contributed by atoms with Gasteiger partial charge < -0.3 is 20.3 Å². The van der Waals surface area contributed by atoms with Gasteiger partial charge in [-0.3, -0.25) is 4.79 Å². The first kappa shape index (κ1) is 16.8. The number of carbonyl (C=O) groups is 1. The molecule has 0 spiro atoms. The number of carboxylic acid groups (broad SMARTS) is 1. The van der Waals surface area contributed by atoms with Crippen molar-refractivity contribution >= 4 is 5.97 Å². The molecule has 2 rings (SSSR count). The molecule has 1 atom stereocenters. The number of rotatable bonds is 8. The molecule has 0 amide bonds. The molecule has 0 saturated carbocycles. The monoisotopic (exact) mass is 315 g/mol. The number of carboxylic acids is 1. The number of aromatic hydroxyl groups is 1. The maximum absolute atomic E-state index is 10.7. The second kappa shape index (κ2) is 8.19. The van der Waals surface area contributed by atoms with E-state index < -0.39 is 5.97 Å². The number of nitrogens with one attached hydrogen (secondary N) is 1. The Bertz CT molecular complexity index is 643. The zero-order chi connectivity index (χ0) is 16.7. The van der Waals surface area contributed by atoms with Crippen molar-refractivity contribution in [1.29, 1.82) is 0 Å². The number of hydrogen-bond acceptors (Lipinski definition) is 4. The quantitative estimate of drug-likeness (QED) is 0.698. The Morgan fingerprint density at radius 1 is 1.22 bits per heavy atom. The van der Waals surface area contributed by atoms with Gasteiger partial charge in [-0.05, 0) is 25.2 Å². The standard InChI is InChI=1S/C18H21NO4/c1-19-10-9-17(13-5-3-2-4-6-13)23-15-8-7-14(11-18(21)22)16(20)12-15/h2-8,12,17,19-20H,9-11H2,1H3,(H,21,22). The van der Waals surface area contributed by atoms with E-state index in [4.69, 9.17) is 9.84 Å². The van der Waals surface area contributed by atoms with Crippen LogP contribution in [0.3, 0.4) is 0 Å². The van der Waals surface area contributed by atoms with Gasteiger partial charge in [0.15, 0.2) is 0 Å². The Morgan fingerprint density at radius 3 is 2.57 bits per heavy atom. The molecular formula is C18H21NO4. The summed E-state index contributed by atoms with van der Waals surface area (Å²) in [6.07, 6.45) is 0.417. The molecule has 0 radical (unpaired) electrons. The maximum Gasteiger partial charge on any atom is 0.307 e. The predicted octanol–water partition coefficient (Wildman–Crippen LogP) is 2.75. The number of hydrogen-bond donors (Lipinski definition) is 3. The third-order valence-electron chi connectivity index (χ3n) is 3.50. The van der Waals surface area contributed by atoms with E-state index in [1.807, 2.05) is 37.4 Å². The number of phenolic OH excluding ortho intramolecular Hbond substituents is 1. The second-order valence-corrected chi connectivity index (χ2v) is 5.27. The van der Waals surface area contributed by atoms with Crippen molar-refractivity contribution in [2.24, 2.45) is 0 Å². The van der Waals surface area contributed by atoms with Crippen molar-refractivity contribution in [3.05, 3.63) is 59.7 Å². The summed E-state index contributed by atoms with van der Waals surface area (Å²) >= 11 is 0. The van der Waals surface area contributed by atoms with Crippen molar-refractivity contribution < 1.29 is 19.7 Å². The Labute approximate surface area is 135 Å². The van der Waals surface area contributed by atoms with Gasteiger partial charge in [-0.15, -0.1) is 0 Å². The lowest BCUT2D eigenvalue weighted by atomic mass is 10.1. The minimum absolute atomic E-state index is 0.0645. The van der Waals surface area contributed by atoms with Crippen molar-refractivity contribution in [2.75, 3.05) is 13.6 Å². The van der Waals surface area contributed by atoms with Crippen LogP contribution in [0.4, 0.5) is 0 Å². The molecule has 0 bridgehead atoms. The summed E-state index contributed by atoms with van der Waals surface area (Å²) in [5.74, 6) is -0.530. The minimum Gasteiger partial charge on any atom is -0.508 e. The van der Waals surface area contributed by atoms with E-state index in [0.717, 1.165) is 18.5 Å². The average Bonchev–Trinajstić information content (AvgIpc) is 2.54. The van der Waals surface area contributed by atoms with E-state index in [0.29, 0.717) is 11.3 Å². The summed E-state index contributed by atoms with van der Waals surface area (Å²) in [6, 6.07) is 14.6. The van der Waals surface area contributed by atoms with E-state index in [2.05, 4.69) is 5.32 Å². The van der Waals surface area contributed by atoms with Gasteiger partial charge in [0.1, 0.15) is 17.6 Å². The summed E-state index contributed by atoms with van der Waals surface area (Å²) in [5, 5.41) is 21.8. The van der Waals surface area contributed by atoms with Crippen LogP contribution in [0.15, 0.2) is 48.5 Å². The van der Waals surface area contributed by atoms with Crippen LogP contribution in [-0.2, 0) is 11.2 Å². The maximum atomic E-state index is 10.7. The molecule has 0 aliphatic rings. The van der Waals surface area contributed by atoms with Gasteiger partial charge in [-0.2, -0.15) is 0 Å². The third kappa shape index (κ3) is 5.00. The predicted molar refractivity (Wildman–Crippen MR) is 87.8 cm³/mol. The van der Waals surface area contributed by atoms with Crippen molar-refractivity contribution in [3.63, 3.8) is 0 Å². The molecule has 3 N–H and O–H groups in total. The van der Waals surface area contributed by atoms with Crippen molar-refractivity contribution in [1.82, 2.24) is 5.32 Å². The summed E-state index contributed by atoms with van der Waals surface area (Å²) in [5.41, 5.74) is 1.42. The van der Waals surface area contributed by atoms with Crippen LogP contribution in [-0.4, -0.2) is 29.8 Å². The van der Waals surface area contributed by atoms with Crippen LogP contribution in [0.5, 0.6) is 11.5 Å². The molecule has 5 heteroatoms. The van der Waals surface area contributed by atoms with E-state index in [-0.39, 0.29) is 18.3 Å². The zero-order valence-electron chi connectivity index (χ0n) is 13.0. The number of aliphatic carboxylic acids is 1. The highest BCUT2D eigenvalue weighted by molar-refractivity contribution is 5.71. The Balaban J connectivity index is 2.16. The lowest BCUT2D eigenvalue weighted by Gasteiger charge is -2.20. The van der Waals surface area contributed by atoms with Gasteiger partial charge in [0, 0.05) is 18.1 Å². The highest BCUT2D eigenvalue weighted by Crippen LogP contribution is 2.29. The number of benzene rings is 2. The largest absolute Gasteiger partial charge is 0.508 e. The van der Waals surface area contributed by atoms with Gasteiger partial charge in [-0.25, -0.2) is 0 Å². The van der Waals surface area contributed by atoms with Crippen LogP contribution >= 0.6 is 0 Å². The van der Waals surface area contributed by atoms with Crippen molar-refractivity contribution in [2.45, 2.75) is 18.9 Å². The number of ether oxygens (including phenoxy) is 1. The van der Waals surface area contributed by atoms with Crippen LogP contribution in [0.2, 0.25) is 0 Å². The average molecular weight is 315 g/mol. The minimum atomic E-state index is -0.981.